The molecule has 0 radical (unpaired) electrons. The lowest BCUT2D eigenvalue weighted by molar-refractivity contribution is -0.478. The van der Waals surface area contributed by atoms with E-state index in [-0.39, 0.29) is 11.8 Å². The Balaban J connectivity index is 1.63. The Kier molecular flexibility index (Phi) is 0.967. The van der Waals surface area contributed by atoms with Gasteiger partial charge >= 0.3 is 11.9 Å². The largest absolute Gasteiger partial charge is 0.481 e. The second-order valence-corrected chi connectivity index (χ2v) is 6.35. The van der Waals surface area contributed by atoms with Gasteiger partial charge in [0.05, 0.1) is 11.8 Å². The minimum absolute atomic E-state index is 0.216. The highest BCUT2D eigenvalue weighted by Crippen LogP contribution is 2.93. The molecule has 4 unspecified atom stereocenters. The molecule has 2 bridgehead atoms. The maximum absolute atomic E-state index is 11.3. The van der Waals surface area contributed by atoms with Crippen molar-refractivity contribution in [3.63, 3.8) is 0 Å². The Morgan fingerprint density at radius 1 is 0.562 bits per heavy atom. The van der Waals surface area contributed by atoms with Crippen molar-refractivity contribution in [1.29, 1.82) is 0 Å². The first-order valence-corrected chi connectivity index (χ1v) is 6.10. The van der Waals surface area contributed by atoms with Crippen LogP contribution >= 0.6 is 0 Å². The molecule has 0 saturated heterocycles. The Morgan fingerprint density at radius 2 is 0.812 bits per heavy atom. The summed E-state index contributed by atoms with van der Waals surface area (Å²) in [6, 6.07) is 0. The van der Waals surface area contributed by atoms with Crippen LogP contribution < -0.4 is 0 Å². The lowest BCUT2D eigenvalue weighted by Crippen LogP contribution is -2.93. The molecule has 0 amide bonds. The van der Waals surface area contributed by atoms with Gasteiger partial charge in [0.25, 0.3) is 0 Å². The van der Waals surface area contributed by atoms with Crippen molar-refractivity contribution < 1.29 is 19.8 Å². The van der Waals surface area contributed by atoms with Gasteiger partial charge in [-0.15, -0.1) is 0 Å². The van der Waals surface area contributed by atoms with Gasteiger partial charge < -0.3 is 10.2 Å². The topological polar surface area (TPSA) is 74.6 Å². The molecule has 2 N–H and O–H groups in total. The molecular weight excluding hydrogens is 208 g/mol. The first-order chi connectivity index (χ1) is 7.64. The summed E-state index contributed by atoms with van der Waals surface area (Å²) in [6.45, 7) is 0. The summed E-state index contributed by atoms with van der Waals surface area (Å²) >= 11 is 0. The standard InChI is InChI=1S/C12H12O4/c13-11(14)9-7-3-1-2-5(3)8(6(2)4(1)7)10(9)12(15)16/h1-10H,(H,13,14)(H,15,16)/t1?,2?,3-,4-,5-,6+,7?,8?,9+,10-/m1/s1. The van der Waals surface area contributed by atoms with E-state index in [9.17, 15) is 19.8 Å². The number of rotatable bonds is 2. The van der Waals surface area contributed by atoms with Gasteiger partial charge in [0, 0.05) is 0 Å². The predicted molar refractivity (Wildman–Crippen MR) is 50.2 cm³/mol. The summed E-state index contributed by atoms with van der Waals surface area (Å²) < 4.78 is 0. The molecule has 6 aliphatic rings. The number of carbonyl (C=O) groups is 2. The number of aliphatic carboxylic acids is 2. The first-order valence-electron chi connectivity index (χ1n) is 6.10. The Labute approximate surface area is 91.6 Å². The Hall–Kier alpha value is -1.06. The maximum atomic E-state index is 11.3. The monoisotopic (exact) mass is 220 g/mol. The molecule has 0 aromatic heterocycles. The van der Waals surface area contributed by atoms with Crippen LogP contribution in [-0.4, -0.2) is 22.2 Å². The second kappa shape index (κ2) is 1.91. The van der Waals surface area contributed by atoms with Crippen molar-refractivity contribution in [1.82, 2.24) is 0 Å². The zero-order valence-corrected chi connectivity index (χ0v) is 8.48. The molecule has 6 saturated carbocycles. The zero-order chi connectivity index (χ0) is 10.9. The summed E-state index contributed by atoms with van der Waals surface area (Å²) in [5.41, 5.74) is 0. The Morgan fingerprint density at radius 3 is 1.06 bits per heavy atom. The van der Waals surface area contributed by atoms with Crippen molar-refractivity contribution in [3.8, 4) is 0 Å². The van der Waals surface area contributed by atoms with Crippen LogP contribution in [0.4, 0.5) is 0 Å². The predicted octanol–water partition coefficient (Wildman–Crippen LogP) is 0.386. The average Bonchev–Trinajstić information content (AvgIpc) is 2.15. The van der Waals surface area contributed by atoms with Gasteiger partial charge in [0.2, 0.25) is 0 Å². The highest BCUT2D eigenvalue weighted by molar-refractivity contribution is 5.82. The SMILES string of the molecule is O=C(O)[C@@H]1C2[C@H]3C4C5[C@H]3C([C@H]5[C@@H]42)[C@@H]1C(=O)O. The van der Waals surface area contributed by atoms with Crippen LogP contribution in [0.5, 0.6) is 0 Å². The van der Waals surface area contributed by atoms with Gasteiger partial charge in [-0.25, -0.2) is 0 Å². The Bertz CT molecular complexity index is 396. The molecule has 6 aliphatic carbocycles. The van der Waals surface area contributed by atoms with Gasteiger partial charge in [-0.2, -0.15) is 0 Å². The highest BCUT2D eigenvalue weighted by Gasteiger charge is 2.92. The molecule has 6 rings (SSSR count). The van der Waals surface area contributed by atoms with Crippen molar-refractivity contribution in [2.24, 2.45) is 59.2 Å². The fraction of sp³-hybridized carbons (Fsp3) is 0.833. The normalized spacial score (nSPS) is 70.2. The molecule has 0 aromatic rings. The third kappa shape index (κ3) is 0.466. The van der Waals surface area contributed by atoms with E-state index in [1.165, 1.54) is 0 Å². The van der Waals surface area contributed by atoms with Crippen LogP contribution in [0.2, 0.25) is 0 Å². The molecule has 16 heavy (non-hydrogen) atoms. The van der Waals surface area contributed by atoms with Gasteiger partial charge in [-0.1, -0.05) is 0 Å². The van der Waals surface area contributed by atoms with Crippen LogP contribution in [-0.2, 0) is 9.59 Å². The van der Waals surface area contributed by atoms with Gasteiger partial charge in [-0.3, -0.25) is 9.59 Å². The minimum atomic E-state index is -0.867. The summed E-state index contributed by atoms with van der Waals surface area (Å²) in [4.78, 5) is 22.6. The molecular formula is C12H12O4. The van der Waals surface area contributed by atoms with E-state index < -0.39 is 23.8 Å². The molecule has 10 atom stereocenters. The van der Waals surface area contributed by atoms with Crippen LogP contribution in [0.15, 0.2) is 0 Å². The van der Waals surface area contributed by atoms with Crippen molar-refractivity contribution >= 4 is 11.9 Å². The van der Waals surface area contributed by atoms with Crippen LogP contribution in [0.3, 0.4) is 0 Å². The first kappa shape index (κ1) is 8.09. The molecule has 84 valence electrons. The number of carboxylic acid groups (broad SMARTS) is 2. The smallest absolute Gasteiger partial charge is 0.307 e. The van der Waals surface area contributed by atoms with E-state index >= 15 is 0 Å². The molecule has 0 aromatic carbocycles. The molecule has 0 spiro atoms. The molecule has 0 aliphatic heterocycles. The molecule has 6 fully saturated rings. The van der Waals surface area contributed by atoms with Gasteiger partial charge in [-0.05, 0) is 47.3 Å². The van der Waals surface area contributed by atoms with E-state index in [0.717, 1.165) is 11.8 Å². The second-order valence-electron chi connectivity index (χ2n) is 6.35. The third-order valence-electron chi connectivity index (χ3n) is 6.68. The molecule has 4 heteroatoms. The number of hydrogen-bond donors (Lipinski definition) is 2. The third-order valence-corrected chi connectivity index (χ3v) is 6.68. The maximum Gasteiger partial charge on any atom is 0.307 e. The minimum Gasteiger partial charge on any atom is -0.481 e. The number of carboxylic acids is 2. The lowest BCUT2D eigenvalue weighted by atomic mass is 9.09. The van der Waals surface area contributed by atoms with Crippen molar-refractivity contribution in [3.05, 3.63) is 0 Å². The van der Waals surface area contributed by atoms with Crippen LogP contribution in [0, 0.1) is 59.2 Å². The van der Waals surface area contributed by atoms with E-state index in [1.54, 1.807) is 0 Å². The number of fused-ring (bicyclic) bond motifs is 1. The summed E-state index contributed by atoms with van der Waals surface area (Å²) in [5, 5.41) is 18.5. The fourth-order valence-corrected chi connectivity index (χ4v) is 6.62. The molecule has 4 nitrogen and oxygen atoms in total. The van der Waals surface area contributed by atoms with E-state index in [0.29, 0.717) is 23.7 Å². The quantitative estimate of drug-likeness (QED) is 0.705. The van der Waals surface area contributed by atoms with Crippen molar-refractivity contribution in [2.75, 3.05) is 0 Å². The summed E-state index contributed by atoms with van der Waals surface area (Å²) in [6.07, 6.45) is 0. The van der Waals surface area contributed by atoms with Crippen LogP contribution in [0.25, 0.3) is 0 Å². The molecule has 0 heterocycles. The highest BCUT2D eigenvalue weighted by atomic mass is 16.4. The fourth-order valence-electron chi connectivity index (χ4n) is 6.62. The van der Waals surface area contributed by atoms with Crippen LogP contribution in [0.1, 0.15) is 0 Å². The van der Waals surface area contributed by atoms with E-state index in [4.69, 9.17) is 0 Å². The van der Waals surface area contributed by atoms with Crippen molar-refractivity contribution in [2.45, 2.75) is 0 Å². The van der Waals surface area contributed by atoms with Gasteiger partial charge in [0.1, 0.15) is 0 Å². The zero-order valence-electron chi connectivity index (χ0n) is 8.48. The average molecular weight is 220 g/mol. The van der Waals surface area contributed by atoms with E-state index in [2.05, 4.69) is 0 Å². The number of hydrogen-bond acceptors (Lipinski definition) is 2. The summed E-state index contributed by atoms with van der Waals surface area (Å²) in [5.74, 6) is 1.56. The van der Waals surface area contributed by atoms with E-state index in [1.807, 2.05) is 0 Å². The summed E-state index contributed by atoms with van der Waals surface area (Å²) in [7, 11) is 0. The lowest BCUT2D eigenvalue weighted by Gasteiger charge is -2.94. The van der Waals surface area contributed by atoms with Gasteiger partial charge in [0.15, 0.2) is 0 Å².